The summed E-state index contributed by atoms with van der Waals surface area (Å²) in [6.07, 6.45) is 1.23. The number of nitrogens with one attached hydrogen (secondary N) is 1. The zero-order chi connectivity index (χ0) is 9.54. The molecule has 1 unspecified atom stereocenters. The lowest BCUT2D eigenvalue weighted by Gasteiger charge is -2.27. The minimum atomic E-state index is 0.455. The number of nitrogens with zero attached hydrogens (tertiary/aromatic N) is 3. The van der Waals surface area contributed by atoms with Crippen LogP contribution >= 0.6 is 11.6 Å². The number of halogens is 1. The highest BCUT2D eigenvalue weighted by molar-refractivity contribution is 6.29. The molecule has 0 spiro atoms. The highest BCUT2D eigenvalue weighted by Crippen LogP contribution is 2.27. The van der Waals surface area contributed by atoms with Crippen LogP contribution in [0.3, 0.4) is 0 Å². The second-order valence-electron chi connectivity index (χ2n) is 3.86. The Labute approximate surface area is 87.3 Å². The van der Waals surface area contributed by atoms with E-state index in [0.717, 1.165) is 18.9 Å². The number of hydrogen-bond donors (Lipinski definition) is 1. The number of rotatable bonds is 1. The molecule has 0 radical (unpaired) electrons. The summed E-state index contributed by atoms with van der Waals surface area (Å²) in [5.41, 5.74) is 0. The summed E-state index contributed by atoms with van der Waals surface area (Å²) in [6, 6.07) is 4.97. The van der Waals surface area contributed by atoms with Gasteiger partial charge in [-0.25, -0.2) is 0 Å². The van der Waals surface area contributed by atoms with Gasteiger partial charge in [0.1, 0.15) is 0 Å². The largest absolute Gasteiger partial charge is 0.349 e. The molecule has 1 aromatic heterocycles. The molecule has 14 heavy (non-hydrogen) atoms. The Balaban J connectivity index is 1.86. The molecule has 3 heterocycles. The highest BCUT2D eigenvalue weighted by atomic mass is 35.5. The van der Waals surface area contributed by atoms with Crippen molar-refractivity contribution in [3.05, 3.63) is 17.3 Å². The van der Waals surface area contributed by atoms with Crippen molar-refractivity contribution in [1.82, 2.24) is 15.5 Å². The molecule has 4 nitrogen and oxygen atoms in total. The molecule has 1 aromatic rings. The zero-order valence-electron chi connectivity index (χ0n) is 7.65. The topological polar surface area (TPSA) is 41.0 Å². The fraction of sp³-hybridized carbons (Fsp3) is 0.556. The number of fused-ring (bicyclic) bond motifs is 2. The number of anilines is 1. The summed E-state index contributed by atoms with van der Waals surface area (Å²) in [4.78, 5) is 2.31. The summed E-state index contributed by atoms with van der Waals surface area (Å²) in [7, 11) is 0. The first-order valence-corrected chi connectivity index (χ1v) is 5.20. The van der Waals surface area contributed by atoms with Crippen molar-refractivity contribution >= 4 is 17.4 Å². The van der Waals surface area contributed by atoms with Gasteiger partial charge in [-0.1, -0.05) is 11.6 Å². The fourth-order valence-corrected chi connectivity index (χ4v) is 2.40. The van der Waals surface area contributed by atoms with E-state index in [1.165, 1.54) is 6.42 Å². The molecule has 5 heteroatoms. The van der Waals surface area contributed by atoms with Crippen LogP contribution in [0.1, 0.15) is 6.42 Å². The third kappa shape index (κ3) is 1.26. The van der Waals surface area contributed by atoms with Crippen LogP contribution in [0.4, 0.5) is 5.82 Å². The van der Waals surface area contributed by atoms with Crippen molar-refractivity contribution in [2.24, 2.45) is 0 Å². The van der Waals surface area contributed by atoms with E-state index in [4.69, 9.17) is 11.6 Å². The molecule has 3 rings (SSSR count). The summed E-state index contributed by atoms with van der Waals surface area (Å²) >= 11 is 5.69. The molecule has 1 N–H and O–H groups in total. The van der Waals surface area contributed by atoms with E-state index in [1.54, 1.807) is 6.07 Å². The van der Waals surface area contributed by atoms with Crippen molar-refractivity contribution in [3.8, 4) is 0 Å². The van der Waals surface area contributed by atoms with Crippen molar-refractivity contribution in [1.29, 1.82) is 0 Å². The standard InChI is InChI=1S/C9H11ClN4/c10-8-1-2-9(13-12-8)14-5-6-3-7(14)4-11-6/h1-2,6-7,11H,3-5H2/t6-,7?/m1/s1. The first-order chi connectivity index (χ1) is 6.83. The number of hydrogen-bond acceptors (Lipinski definition) is 4. The van der Waals surface area contributed by atoms with Gasteiger partial charge in [0.25, 0.3) is 0 Å². The first kappa shape index (κ1) is 8.44. The van der Waals surface area contributed by atoms with Gasteiger partial charge in [0.15, 0.2) is 11.0 Å². The molecule has 2 saturated heterocycles. The quantitative estimate of drug-likeness (QED) is 0.740. The Morgan fingerprint density at radius 3 is 2.93 bits per heavy atom. The van der Waals surface area contributed by atoms with Crippen molar-refractivity contribution in [3.63, 3.8) is 0 Å². The van der Waals surface area contributed by atoms with Gasteiger partial charge in [0, 0.05) is 25.2 Å². The van der Waals surface area contributed by atoms with E-state index in [-0.39, 0.29) is 0 Å². The first-order valence-electron chi connectivity index (χ1n) is 4.82. The lowest BCUT2D eigenvalue weighted by molar-refractivity contribution is 0.574. The minimum absolute atomic E-state index is 0.455. The Morgan fingerprint density at radius 1 is 1.43 bits per heavy atom. The average Bonchev–Trinajstić information content (AvgIpc) is 2.80. The Morgan fingerprint density at radius 2 is 2.36 bits per heavy atom. The maximum atomic E-state index is 5.69. The monoisotopic (exact) mass is 210 g/mol. The van der Waals surface area contributed by atoms with Crippen molar-refractivity contribution in [2.75, 3.05) is 18.0 Å². The van der Waals surface area contributed by atoms with E-state index in [9.17, 15) is 0 Å². The normalized spacial score (nSPS) is 29.9. The van der Waals surface area contributed by atoms with Gasteiger partial charge in [-0.15, -0.1) is 10.2 Å². The summed E-state index contributed by atoms with van der Waals surface area (Å²) in [6.45, 7) is 2.11. The van der Waals surface area contributed by atoms with Crippen LogP contribution in [0.15, 0.2) is 12.1 Å². The predicted octanol–water partition coefficient (Wildman–Crippen LogP) is 0.680. The fourth-order valence-electron chi connectivity index (χ4n) is 2.30. The van der Waals surface area contributed by atoms with Gasteiger partial charge in [-0.05, 0) is 18.6 Å². The lowest BCUT2D eigenvalue weighted by Crippen LogP contribution is -2.44. The molecule has 2 aliphatic rings. The molecule has 2 atom stereocenters. The molecule has 2 bridgehead atoms. The molecule has 74 valence electrons. The van der Waals surface area contributed by atoms with Gasteiger partial charge in [-0.3, -0.25) is 0 Å². The van der Waals surface area contributed by atoms with E-state index in [1.807, 2.05) is 6.07 Å². The van der Waals surface area contributed by atoms with Gasteiger partial charge >= 0.3 is 0 Å². The molecule has 0 aromatic carbocycles. The molecule has 0 saturated carbocycles. The zero-order valence-corrected chi connectivity index (χ0v) is 8.41. The molecular formula is C9H11ClN4. The maximum Gasteiger partial charge on any atom is 0.151 e. The average molecular weight is 211 g/mol. The Hall–Kier alpha value is -0.870. The van der Waals surface area contributed by atoms with E-state index >= 15 is 0 Å². The van der Waals surface area contributed by atoms with Crippen LogP contribution < -0.4 is 10.2 Å². The Kier molecular flexibility index (Phi) is 1.85. The predicted molar refractivity (Wildman–Crippen MR) is 54.6 cm³/mol. The Bertz CT molecular complexity index is 339. The molecule has 0 aliphatic carbocycles. The summed E-state index contributed by atoms with van der Waals surface area (Å²) in [5, 5.41) is 11.9. The third-order valence-electron chi connectivity index (χ3n) is 2.97. The van der Waals surface area contributed by atoms with Gasteiger partial charge in [0.2, 0.25) is 0 Å². The van der Waals surface area contributed by atoms with Gasteiger partial charge in [-0.2, -0.15) is 0 Å². The maximum absolute atomic E-state index is 5.69. The van der Waals surface area contributed by atoms with Crippen LogP contribution in [-0.4, -0.2) is 35.4 Å². The van der Waals surface area contributed by atoms with Gasteiger partial charge < -0.3 is 10.2 Å². The minimum Gasteiger partial charge on any atom is -0.349 e. The van der Waals surface area contributed by atoms with Crippen LogP contribution in [-0.2, 0) is 0 Å². The van der Waals surface area contributed by atoms with Crippen LogP contribution in [0.25, 0.3) is 0 Å². The van der Waals surface area contributed by atoms with Crippen molar-refractivity contribution in [2.45, 2.75) is 18.5 Å². The number of aromatic nitrogens is 2. The summed E-state index contributed by atoms with van der Waals surface area (Å²) < 4.78 is 0. The summed E-state index contributed by atoms with van der Waals surface area (Å²) in [5.74, 6) is 0.948. The van der Waals surface area contributed by atoms with Crippen molar-refractivity contribution < 1.29 is 0 Å². The van der Waals surface area contributed by atoms with Gasteiger partial charge in [0.05, 0.1) is 0 Å². The van der Waals surface area contributed by atoms with Crippen LogP contribution in [0.5, 0.6) is 0 Å². The third-order valence-corrected chi connectivity index (χ3v) is 3.17. The molecule has 0 amide bonds. The lowest BCUT2D eigenvalue weighted by atomic mass is 10.2. The number of piperazine rings is 1. The smallest absolute Gasteiger partial charge is 0.151 e. The van der Waals surface area contributed by atoms with E-state index < -0.39 is 0 Å². The highest BCUT2D eigenvalue weighted by Gasteiger charge is 2.38. The molecular weight excluding hydrogens is 200 g/mol. The second-order valence-corrected chi connectivity index (χ2v) is 4.25. The molecule has 2 fully saturated rings. The van der Waals surface area contributed by atoms with E-state index in [2.05, 4.69) is 20.4 Å². The SMILES string of the molecule is Clc1ccc(N2C[C@H]3CC2CN3)nn1. The van der Waals surface area contributed by atoms with Crippen LogP contribution in [0, 0.1) is 0 Å². The van der Waals surface area contributed by atoms with Crippen LogP contribution in [0.2, 0.25) is 5.15 Å². The van der Waals surface area contributed by atoms with E-state index in [0.29, 0.717) is 17.2 Å². The second kappa shape index (κ2) is 3.07. The molecule has 2 aliphatic heterocycles.